The van der Waals surface area contributed by atoms with Crippen LogP contribution in [-0.4, -0.2) is 9.97 Å². The van der Waals surface area contributed by atoms with Gasteiger partial charge >= 0.3 is 0 Å². The van der Waals surface area contributed by atoms with Crippen LogP contribution in [0.25, 0.3) is 0 Å². The highest BCUT2D eigenvalue weighted by molar-refractivity contribution is 6.32. The van der Waals surface area contributed by atoms with Crippen molar-refractivity contribution < 1.29 is 0 Å². The molecule has 0 saturated carbocycles. The maximum atomic E-state index is 6.12. The van der Waals surface area contributed by atoms with E-state index in [-0.39, 0.29) is 6.04 Å². The van der Waals surface area contributed by atoms with Gasteiger partial charge in [0.05, 0.1) is 6.04 Å². The lowest BCUT2D eigenvalue weighted by molar-refractivity contribution is 0.621. The molecule has 0 fully saturated rings. The second-order valence-corrected chi connectivity index (χ2v) is 5.93. The van der Waals surface area contributed by atoms with E-state index < -0.39 is 0 Å². The predicted octanol–water partition coefficient (Wildman–Crippen LogP) is 4.08. The molecule has 0 aliphatic carbocycles. The molecule has 0 saturated heterocycles. The van der Waals surface area contributed by atoms with Gasteiger partial charge < -0.3 is 11.1 Å². The van der Waals surface area contributed by atoms with E-state index in [0.717, 1.165) is 12.0 Å². The zero-order chi connectivity index (χ0) is 15.4. The van der Waals surface area contributed by atoms with Crippen LogP contribution in [0.1, 0.15) is 38.2 Å². The highest BCUT2D eigenvalue weighted by Gasteiger charge is 2.14. The molecule has 3 N–H and O–H groups in total. The van der Waals surface area contributed by atoms with Gasteiger partial charge in [-0.15, -0.1) is 0 Å². The third kappa shape index (κ3) is 4.08. The van der Waals surface area contributed by atoms with Crippen molar-refractivity contribution in [3.63, 3.8) is 0 Å². The minimum atomic E-state index is 0.0892. The van der Waals surface area contributed by atoms with E-state index in [2.05, 4.69) is 48.2 Å². The van der Waals surface area contributed by atoms with Crippen LogP contribution in [0, 0.1) is 5.92 Å². The molecule has 2 aromatic rings. The van der Waals surface area contributed by atoms with E-state index >= 15 is 0 Å². The standard InChI is InChI=1S/C16H21ClN4/c1-10(2)9-13-20-15(17)14(18)16(21-13)19-11(3)12-7-5-4-6-8-12/h4-8,10-11H,9,18H2,1-3H3,(H,19,20,21). The summed E-state index contributed by atoms with van der Waals surface area (Å²) in [4.78, 5) is 8.75. The van der Waals surface area contributed by atoms with Gasteiger partial charge in [0.25, 0.3) is 0 Å². The van der Waals surface area contributed by atoms with Crippen molar-refractivity contribution in [2.24, 2.45) is 5.92 Å². The van der Waals surface area contributed by atoms with E-state index in [1.165, 1.54) is 0 Å². The predicted molar refractivity (Wildman–Crippen MR) is 88.5 cm³/mol. The minimum Gasteiger partial charge on any atom is -0.393 e. The number of hydrogen-bond acceptors (Lipinski definition) is 4. The molecule has 4 nitrogen and oxygen atoms in total. The molecule has 1 atom stereocenters. The quantitative estimate of drug-likeness (QED) is 0.817. The molecule has 1 heterocycles. The number of hydrogen-bond donors (Lipinski definition) is 2. The first-order valence-electron chi connectivity index (χ1n) is 7.10. The van der Waals surface area contributed by atoms with Crippen LogP contribution >= 0.6 is 11.6 Å². The number of nitrogen functional groups attached to an aromatic ring is 1. The fraction of sp³-hybridized carbons (Fsp3) is 0.375. The van der Waals surface area contributed by atoms with Gasteiger partial charge in [-0.2, -0.15) is 0 Å². The lowest BCUT2D eigenvalue weighted by atomic mass is 10.1. The molecule has 1 aromatic carbocycles. The van der Waals surface area contributed by atoms with Crippen molar-refractivity contribution in [1.82, 2.24) is 9.97 Å². The van der Waals surface area contributed by atoms with Crippen LogP contribution < -0.4 is 11.1 Å². The summed E-state index contributed by atoms with van der Waals surface area (Å²) in [5.74, 6) is 1.78. The Bertz CT molecular complexity index is 599. The maximum absolute atomic E-state index is 6.12. The summed E-state index contributed by atoms with van der Waals surface area (Å²) in [5.41, 5.74) is 7.55. The van der Waals surface area contributed by atoms with E-state index in [4.69, 9.17) is 17.3 Å². The Hall–Kier alpha value is -1.81. The monoisotopic (exact) mass is 304 g/mol. The van der Waals surface area contributed by atoms with E-state index in [0.29, 0.717) is 28.4 Å². The molecule has 112 valence electrons. The topological polar surface area (TPSA) is 63.8 Å². The van der Waals surface area contributed by atoms with E-state index in [1.807, 2.05) is 18.2 Å². The fourth-order valence-corrected chi connectivity index (χ4v) is 2.27. The first-order chi connectivity index (χ1) is 9.97. The van der Waals surface area contributed by atoms with Gasteiger partial charge in [-0.05, 0) is 18.4 Å². The van der Waals surface area contributed by atoms with Gasteiger partial charge in [-0.25, -0.2) is 9.97 Å². The van der Waals surface area contributed by atoms with Gasteiger partial charge in [0.1, 0.15) is 11.5 Å². The average Bonchev–Trinajstić information content (AvgIpc) is 2.44. The highest BCUT2D eigenvalue weighted by atomic mass is 35.5. The van der Waals surface area contributed by atoms with Crippen molar-refractivity contribution in [2.45, 2.75) is 33.2 Å². The van der Waals surface area contributed by atoms with Gasteiger partial charge in [0.2, 0.25) is 0 Å². The first-order valence-corrected chi connectivity index (χ1v) is 7.48. The van der Waals surface area contributed by atoms with Crippen molar-refractivity contribution in [2.75, 3.05) is 11.1 Å². The van der Waals surface area contributed by atoms with E-state index in [1.54, 1.807) is 0 Å². The SMILES string of the molecule is CC(C)Cc1nc(Cl)c(N)c(NC(C)c2ccccc2)n1. The summed E-state index contributed by atoms with van der Waals surface area (Å²) in [6, 6.07) is 10.2. The number of nitrogens with zero attached hydrogens (tertiary/aromatic N) is 2. The van der Waals surface area contributed by atoms with Gasteiger partial charge in [-0.3, -0.25) is 0 Å². The summed E-state index contributed by atoms with van der Waals surface area (Å²) in [6.07, 6.45) is 0.772. The summed E-state index contributed by atoms with van der Waals surface area (Å²) in [5, 5.41) is 3.63. The molecule has 1 aromatic heterocycles. The molecule has 0 bridgehead atoms. The second kappa shape index (κ2) is 6.76. The zero-order valence-electron chi connectivity index (χ0n) is 12.6. The minimum absolute atomic E-state index is 0.0892. The van der Waals surface area contributed by atoms with Crippen LogP contribution in [-0.2, 0) is 6.42 Å². The van der Waals surface area contributed by atoms with Crippen LogP contribution in [0.15, 0.2) is 30.3 Å². The second-order valence-electron chi connectivity index (χ2n) is 5.57. The molecule has 1 unspecified atom stereocenters. The Kier molecular flexibility index (Phi) is 5.02. The lowest BCUT2D eigenvalue weighted by Crippen LogP contribution is -2.13. The number of rotatable bonds is 5. The van der Waals surface area contributed by atoms with Crippen LogP contribution in [0.4, 0.5) is 11.5 Å². The van der Waals surface area contributed by atoms with E-state index in [9.17, 15) is 0 Å². The lowest BCUT2D eigenvalue weighted by Gasteiger charge is -2.17. The Morgan fingerprint density at radius 3 is 2.43 bits per heavy atom. The van der Waals surface area contributed by atoms with Gasteiger partial charge in [0.15, 0.2) is 11.0 Å². The maximum Gasteiger partial charge on any atom is 0.157 e. The Labute approximate surface area is 130 Å². The van der Waals surface area contributed by atoms with Crippen LogP contribution in [0.2, 0.25) is 5.15 Å². The molecule has 0 radical (unpaired) electrons. The van der Waals surface area contributed by atoms with Gasteiger partial charge in [0, 0.05) is 6.42 Å². The number of nitrogens with two attached hydrogens (primary N) is 1. The molecule has 0 aliphatic heterocycles. The molecular formula is C16H21ClN4. The number of nitrogens with one attached hydrogen (secondary N) is 1. The summed E-state index contributed by atoms with van der Waals surface area (Å²) in [7, 11) is 0. The fourth-order valence-electron chi connectivity index (χ4n) is 2.08. The molecule has 0 amide bonds. The molecule has 0 aliphatic rings. The zero-order valence-corrected chi connectivity index (χ0v) is 13.4. The number of anilines is 2. The average molecular weight is 305 g/mol. The third-order valence-corrected chi connectivity index (χ3v) is 3.48. The number of halogens is 1. The largest absolute Gasteiger partial charge is 0.393 e. The third-order valence-electron chi connectivity index (χ3n) is 3.19. The molecule has 5 heteroatoms. The molecular weight excluding hydrogens is 284 g/mol. The van der Waals surface area contributed by atoms with Crippen molar-refractivity contribution >= 4 is 23.1 Å². The Balaban J connectivity index is 2.24. The number of aromatic nitrogens is 2. The van der Waals surface area contributed by atoms with Gasteiger partial charge in [-0.1, -0.05) is 55.8 Å². The van der Waals surface area contributed by atoms with Crippen LogP contribution in [0.5, 0.6) is 0 Å². The summed E-state index contributed by atoms with van der Waals surface area (Å²) >= 11 is 6.12. The highest BCUT2D eigenvalue weighted by Crippen LogP contribution is 2.27. The molecule has 21 heavy (non-hydrogen) atoms. The van der Waals surface area contributed by atoms with Crippen molar-refractivity contribution in [3.05, 3.63) is 46.9 Å². The Morgan fingerprint density at radius 1 is 1.14 bits per heavy atom. The first kappa shape index (κ1) is 15.6. The summed E-state index contributed by atoms with van der Waals surface area (Å²) < 4.78 is 0. The molecule has 0 spiro atoms. The molecule has 2 rings (SSSR count). The van der Waals surface area contributed by atoms with Crippen molar-refractivity contribution in [1.29, 1.82) is 0 Å². The van der Waals surface area contributed by atoms with Crippen LogP contribution in [0.3, 0.4) is 0 Å². The number of benzene rings is 1. The smallest absolute Gasteiger partial charge is 0.157 e. The Morgan fingerprint density at radius 2 is 1.81 bits per heavy atom. The summed E-state index contributed by atoms with van der Waals surface area (Å²) in [6.45, 7) is 6.30. The van der Waals surface area contributed by atoms with Crippen molar-refractivity contribution in [3.8, 4) is 0 Å². The normalized spacial score (nSPS) is 12.4.